The van der Waals surface area contributed by atoms with Gasteiger partial charge in [0.1, 0.15) is 0 Å². The molecule has 1 unspecified atom stereocenters. The number of carbonyl (C=O) groups is 2. The molecular weight excluding hydrogens is 350 g/mol. The number of likely N-dealkylation sites (tertiary alicyclic amines) is 1. The lowest BCUT2D eigenvalue weighted by molar-refractivity contribution is -0.135. The average Bonchev–Trinajstić information content (AvgIpc) is 3.13. The number of rotatable bonds is 6. The van der Waals surface area contributed by atoms with Crippen molar-refractivity contribution in [2.24, 2.45) is 5.92 Å². The lowest BCUT2D eigenvalue weighted by Gasteiger charge is -2.26. The summed E-state index contributed by atoms with van der Waals surface area (Å²) < 4.78 is 26.1. The molecule has 27 heavy (non-hydrogen) atoms. The molecular formula is C21H28F2N2O2. The van der Waals surface area contributed by atoms with Gasteiger partial charge >= 0.3 is 0 Å². The van der Waals surface area contributed by atoms with Gasteiger partial charge in [-0.05, 0) is 49.8 Å². The predicted molar refractivity (Wildman–Crippen MR) is 99.0 cm³/mol. The topological polar surface area (TPSA) is 49.4 Å². The summed E-state index contributed by atoms with van der Waals surface area (Å²) in [4.78, 5) is 26.6. The number of carbonyl (C=O) groups excluding carboxylic acids is 2. The minimum Gasteiger partial charge on any atom is -0.352 e. The number of hydrogen-bond donors (Lipinski definition) is 1. The van der Waals surface area contributed by atoms with Crippen molar-refractivity contribution >= 4 is 11.8 Å². The van der Waals surface area contributed by atoms with Crippen LogP contribution >= 0.6 is 0 Å². The smallest absolute Gasteiger partial charge is 0.225 e. The Labute approximate surface area is 159 Å². The maximum atomic E-state index is 13.2. The molecule has 1 aliphatic carbocycles. The van der Waals surface area contributed by atoms with Crippen LogP contribution in [0.3, 0.4) is 0 Å². The Morgan fingerprint density at radius 1 is 1.07 bits per heavy atom. The molecule has 6 heteroatoms. The molecule has 3 rings (SSSR count). The number of hydrogen-bond acceptors (Lipinski definition) is 2. The summed E-state index contributed by atoms with van der Waals surface area (Å²) in [6, 6.07) is 3.86. The summed E-state index contributed by atoms with van der Waals surface area (Å²) in [6.07, 6.45) is 7.75. The van der Waals surface area contributed by atoms with Gasteiger partial charge in [0.05, 0.1) is 0 Å². The molecule has 2 fully saturated rings. The van der Waals surface area contributed by atoms with Gasteiger partial charge in [-0.2, -0.15) is 0 Å². The van der Waals surface area contributed by atoms with Gasteiger partial charge in [-0.15, -0.1) is 0 Å². The molecule has 1 aromatic rings. The zero-order chi connectivity index (χ0) is 19.2. The van der Waals surface area contributed by atoms with Gasteiger partial charge in [-0.25, -0.2) is 8.78 Å². The van der Waals surface area contributed by atoms with Gasteiger partial charge in [0.2, 0.25) is 11.8 Å². The van der Waals surface area contributed by atoms with E-state index in [4.69, 9.17) is 0 Å². The minimum atomic E-state index is -0.856. The van der Waals surface area contributed by atoms with Crippen LogP contribution in [0.15, 0.2) is 18.2 Å². The molecule has 1 heterocycles. The third kappa shape index (κ3) is 5.50. The van der Waals surface area contributed by atoms with Crippen molar-refractivity contribution in [1.29, 1.82) is 0 Å². The normalized spacial score (nSPS) is 20.7. The Morgan fingerprint density at radius 2 is 1.85 bits per heavy atom. The zero-order valence-electron chi connectivity index (χ0n) is 15.7. The molecule has 1 saturated carbocycles. The molecule has 1 N–H and O–H groups in total. The van der Waals surface area contributed by atoms with E-state index < -0.39 is 11.6 Å². The first kappa shape index (κ1) is 19.8. The lowest BCUT2D eigenvalue weighted by Crippen LogP contribution is -2.40. The second-order valence-corrected chi connectivity index (χ2v) is 7.77. The summed E-state index contributed by atoms with van der Waals surface area (Å²) in [6.45, 7) is 1.32. The lowest BCUT2D eigenvalue weighted by atomic mass is 9.88. The fourth-order valence-electron chi connectivity index (χ4n) is 4.13. The van der Waals surface area contributed by atoms with Crippen LogP contribution in [0.1, 0.15) is 56.9 Å². The fourth-order valence-corrected chi connectivity index (χ4v) is 4.13. The highest BCUT2D eigenvalue weighted by Gasteiger charge is 2.31. The SMILES string of the molecule is O=C(CCCc1ccc(F)c(F)c1)NC1CCN(C(=O)C2CCCCC2)C1. The number of nitrogens with zero attached hydrogens (tertiary/aromatic N) is 1. The van der Waals surface area contributed by atoms with Gasteiger partial charge in [0.15, 0.2) is 11.6 Å². The van der Waals surface area contributed by atoms with Crippen molar-refractivity contribution in [1.82, 2.24) is 10.2 Å². The van der Waals surface area contributed by atoms with Crippen LogP contribution < -0.4 is 5.32 Å². The number of halogens is 2. The van der Waals surface area contributed by atoms with Crippen molar-refractivity contribution in [3.63, 3.8) is 0 Å². The van der Waals surface area contributed by atoms with Crippen molar-refractivity contribution in [3.8, 4) is 0 Å². The minimum absolute atomic E-state index is 0.0216. The molecule has 0 spiro atoms. The van der Waals surface area contributed by atoms with Crippen LogP contribution in [-0.4, -0.2) is 35.8 Å². The van der Waals surface area contributed by atoms with Gasteiger partial charge in [-0.3, -0.25) is 9.59 Å². The molecule has 0 radical (unpaired) electrons. The summed E-state index contributed by atoms with van der Waals surface area (Å²) in [7, 11) is 0. The maximum absolute atomic E-state index is 13.2. The predicted octanol–water partition coefficient (Wildman–Crippen LogP) is 3.58. The zero-order valence-corrected chi connectivity index (χ0v) is 15.7. The average molecular weight is 378 g/mol. The third-order valence-corrected chi connectivity index (χ3v) is 5.67. The van der Waals surface area contributed by atoms with E-state index in [-0.39, 0.29) is 23.8 Å². The van der Waals surface area contributed by atoms with E-state index in [0.29, 0.717) is 31.4 Å². The quantitative estimate of drug-likeness (QED) is 0.823. The maximum Gasteiger partial charge on any atom is 0.225 e. The molecule has 148 valence electrons. The standard InChI is InChI=1S/C21H28F2N2O2/c22-18-10-9-15(13-19(18)23)5-4-8-20(26)24-17-11-12-25(14-17)21(27)16-6-2-1-3-7-16/h9-10,13,16-17H,1-8,11-12,14H2,(H,24,26). The molecule has 2 aliphatic rings. The van der Waals surface area contributed by atoms with E-state index in [2.05, 4.69) is 5.32 Å². The molecule has 1 aliphatic heterocycles. The Hall–Kier alpha value is -1.98. The van der Waals surface area contributed by atoms with Crippen molar-refractivity contribution in [2.45, 2.75) is 63.8 Å². The van der Waals surface area contributed by atoms with E-state index in [0.717, 1.165) is 44.7 Å². The summed E-state index contributed by atoms with van der Waals surface area (Å²) in [5.74, 6) is -1.33. The van der Waals surface area contributed by atoms with Gasteiger partial charge < -0.3 is 10.2 Å². The van der Waals surface area contributed by atoms with Crippen LogP contribution in [0, 0.1) is 17.6 Å². The molecule has 2 amide bonds. The van der Waals surface area contributed by atoms with Crippen molar-refractivity contribution < 1.29 is 18.4 Å². The van der Waals surface area contributed by atoms with Crippen molar-refractivity contribution in [3.05, 3.63) is 35.4 Å². The van der Waals surface area contributed by atoms with Crippen molar-refractivity contribution in [2.75, 3.05) is 13.1 Å². The second-order valence-electron chi connectivity index (χ2n) is 7.77. The van der Waals surface area contributed by atoms with Crippen LogP contribution in [-0.2, 0) is 16.0 Å². The third-order valence-electron chi connectivity index (χ3n) is 5.67. The highest BCUT2D eigenvalue weighted by Crippen LogP contribution is 2.26. The molecule has 1 saturated heterocycles. The van der Waals surface area contributed by atoms with Gasteiger partial charge in [-0.1, -0.05) is 25.3 Å². The van der Waals surface area contributed by atoms with Crippen LogP contribution in [0.5, 0.6) is 0 Å². The first-order valence-electron chi connectivity index (χ1n) is 10.0. The van der Waals surface area contributed by atoms with Crippen LogP contribution in [0.25, 0.3) is 0 Å². The molecule has 0 aromatic heterocycles. The first-order valence-corrected chi connectivity index (χ1v) is 10.0. The molecule has 1 atom stereocenters. The Bertz CT molecular complexity index is 674. The molecule has 1 aromatic carbocycles. The Kier molecular flexibility index (Phi) is 6.80. The summed E-state index contributed by atoms with van der Waals surface area (Å²) in [5.41, 5.74) is 0.687. The second kappa shape index (κ2) is 9.29. The van der Waals surface area contributed by atoms with Gasteiger partial charge in [0, 0.05) is 31.5 Å². The Balaban J connectivity index is 1.37. The molecule has 0 bridgehead atoms. The van der Waals surface area contributed by atoms with Crippen LogP contribution in [0.4, 0.5) is 8.78 Å². The van der Waals surface area contributed by atoms with E-state index in [9.17, 15) is 18.4 Å². The number of nitrogens with one attached hydrogen (secondary N) is 1. The van der Waals surface area contributed by atoms with E-state index >= 15 is 0 Å². The van der Waals surface area contributed by atoms with Gasteiger partial charge in [0.25, 0.3) is 0 Å². The van der Waals surface area contributed by atoms with Crippen LogP contribution in [0.2, 0.25) is 0 Å². The highest BCUT2D eigenvalue weighted by molar-refractivity contribution is 5.80. The number of benzene rings is 1. The summed E-state index contributed by atoms with van der Waals surface area (Å²) in [5, 5.41) is 3.01. The van der Waals surface area contributed by atoms with E-state index in [1.807, 2.05) is 4.90 Å². The first-order chi connectivity index (χ1) is 13.0. The number of aryl methyl sites for hydroxylation is 1. The fraction of sp³-hybridized carbons (Fsp3) is 0.619. The van der Waals surface area contributed by atoms with E-state index in [1.165, 1.54) is 12.5 Å². The largest absolute Gasteiger partial charge is 0.352 e. The monoisotopic (exact) mass is 378 g/mol. The molecule has 4 nitrogen and oxygen atoms in total. The summed E-state index contributed by atoms with van der Waals surface area (Å²) >= 11 is 0. The highest BCUT2D eigenvalue weighted by atomic mass is 19.2. The Morgan fingerprint density at radius 3 is 2.59 bits per heavy atom. The van der Waals surface area contributed by atoms with E-state index in [1.54, 1.807) is 6.07 Å². The number of amides is 2.